The number of carbonyl (C=O) groups is 3. The number of aliphatic hydroxyl groups excluding tert-OH is 1. The number of β-lactam (4-membered cyclic amide) rings is 1. The molecule has 2 aromatic rings. The predicted octanol–water partition coefficient (Wildman–Crippen LogP) is 2.67. The van der Waals surface area contributed by atoms with Crippen molar-refractivity contribution in [3.63, 3.8) is 0 Å². The normalized spacial score (nSPS) is 22.7. The van der Waals surface area contributed by atoms with Gasteiger partial charge in [-0.3, -0.25) is 9.59 Å². The SMILES string of the molecule is Cc1ccc(CCNC(=O)c2csc(SC3=C(C(=O)O)N4C(=O)[C@H]([C@@H](C)O)[C@H]4[C@H]3C)n2)cc1. The highest BCUT2D eigenvalue weighted by Gasteiger charge is 2.60. The lowest BCUT2D eigenvalue weighted by Crippen LogP contribution is -2.63. The van der Waals surface area contributed by atoms with Gasteiger partial charge < -0.3 is 20.4 Å². The van der Waals surface area contributed by atoms with Crippen LogP contribution in [0.15, 0.2) is 44.6 Å². The Bertz CT molecular complexity index is 1130. The standard InChI is InChI=1S/C23H25N3O5S2/c1-11-4-6-14(7-5-11)8-9-24-20(28)15-10-32-23(25-15)33-19-12(2)17-16(13(3)27)21(29)26(17)18(19)22(30)31/h4-7,10,12-13,16-17,27H,8-9H2,1-3H3,(H,24,28)(H,30,31)/t12-,13-,16-,17-/m1/s1. The van der Waals surface area contributed by atoms with Crippen molar-refractivity contribution in [2.45, 2.75) is 43.7 Å². The van der Waals surface area contributed by atoms with Crippen molar-refractivity contribution in [2.24, 2.45) is 11.8 Å². The molecule has 1 aromatic heterocycles. The number of thiazole rings is 1. The summed E-state index contributed by atoms with van der Waals surface area (Å²) in [6.07, 6.45) is -0.143. The Morgan fingerprint density at radius 2 is 2.00 bits per heavy atom. The van der Waals surface area contributed by atoms with Gasteiger partial charge in [-0.05, 0) is 25.8 Å². The number of rotatable bonds is 8. The molecule has 0 radical (unpaired) electrons. The first-order chi connectivity index (χ1) is 15.7. The minimum Gasteiger partial charge on any atom is -0.477 e. The summed E-state index contributed by atoms with van der Waals surface area (Å²) in [6, 6.07) is 7.75. The zero-order valence-corrected chi connectivity index (χ0v) is 20.1. The number of aliphatic carboxylic acids is 1. The van der Waals surface area contributed by atoms with Gasteiger partial charge in [0.05, 0.1) is 18.1 Å². The van der Waals surface area contributed by atoms with E-state index in [9.17, 15) is 24.6 Å². The van der Waals surface area contributed by atoms with Gasteiger partial charge in [0.15, 0.2) is 4.34 Å². The molecular weight excluding hydrogens is 462 g/mol. The van der Waals surface area contributed by atoms with Gasteiger partial charge in [-0.15, -0.1) is 11.3 Å². The van der Waals surface area contributed by atoms with Crippen molar-refractivity contribution in [1.29, 1.82) is 0 Å². The third-order valence-electron chi connectivity index (χ3n) is 6.04. The third kappa shape index (κ3) is 4.42. The summed E-state index contributed by atoms with van der Waals surface area (Å²) in [7, 11) is 0. The van der Waals surface area contributed by atoms with Gasteiger partial charge in [-0.2, -0.15) is 0 Å². The van der Waals surface area contributed by atoms with Crippen molar-refractivity contribution in [3.05, 3.63) is 57.1 Å². The molecule has 1 fully saturated rings. The number of nitrogens with zero attached hydrogens (tertiary/aromatic N) is 2. The molecular formula is C23H25N3O5S2. The molecule has 0 spiro atoms. The molecule has 2 amide bonds. The number of nitrogens with one attached hydrogen (secondary N) is 1. The van der Waals surface area contributed by atoms with Crippen LogP contribution in [0.25, 0.3) is 0 Å². The summed E-state index contributed by atoms with van der Waals surface area (Å²) in [6.45, 7) is 5.90. The van der Waals surface area contributed by atoms with Crippen molar-refractivity contribution in [1.82, 2.24) is 15.2 Å². The molecule has 2 aliphatic heterocycles. The number of aryl methyl sites for hydroxylation is 1. The van der Waals surface area contributed by atoms with Crippen molar-refractivity contribution < 1.29 is 24.6 Å². The average Bonchev–Trinajstić information content (AvgIpc) is 3.31. The van der Waals surface area contributed by atoms with E-state index in [2.05, 4.69) is 10.3 Å². The number of aromatic nitrogens is 1. The van der Waals surface area contributed by atoms with Crippen LogP contribution in [0.4, 0.5) is 0 Å². The maximum absolute atomic E-state index is 12.5. The number of carboxylic acids is 1. The van der Waals surface area contributed by atoms with Crippen molar-refractivity contribution in [3.8, 4) is 0 Å². The second kappa shape index (κ2) is 9.28. The molecule has 10 heteroatoms. The number of aliphatic hydroxyl groups is 1. The number of benzene rings is 1. The Morgan fingerprint density at radius 1 is 1.30 bits per heavy atom. The molecule has 8 nitrogen and oxygen atoms in total. The average molecular weight is 488 g/mol. The lowest BCUT2D eigenvalue weighted by Gasteiger charge is -2.46. The van der Waals surface area contributed by atoms with Crippen molar-refractivity contribution >= 4 is 40.9 Å². The summed E-state index contributed by atoms with van der Waals surface area (Å²) in [5.74, 6) is -2.71. The van der Waals surface area contributed by atoms with Gasteiger partial charge in [0.1, 0.15) is 11.4 Å². The molecule has 3 heterocycles. The maximum atomic E-state index is 12.5. The number of carbonyl (C=O) groups excluding carboxylic acids is 2. The van der Waals surface area contributed by atoms with Gasteiger partial charge in [0.25, 0.3) is 5.91 Å². The minimum absolute atomic E-state index is 0.0568. The van der Waals surface area contributed by atoms with Crippen LogP contribution in [0, 0.1) is 18.8 Å². The monoisotopic (exact) mass is 487 g/mol. The van der Waals surface area contributed by atoms with Crippen LogP contribution >= 0.6 is 23.1 Å². The summed E-state index contributed by atoms with van der Waals surface area (Å²) >= 11 is 2.42. The highest BCUT2D eigenvalue weighted by atomic mass is 32.2. The zero-order valence-electron chi connectivity index (χ0n) is 18.4. The first-order valence-electron chi connectivity index (χ1n) is 10.6. The lowest BCUT2D eigenvalue weighted by molar-refractivity contribution is -0.163. The molecule has 0 aliphatic carbocycles. The molecule has 33 heavy (non-hydrogen) atoms. The van der Waals surface area contributed by atoms with E-state index in [0.717, 1.165) is 5.56 Å². The van der Waals surface area contributed by atoms with Crippen LogP contribution in [0.1, 0.15) is 35.5 Å². The van der Waals surface area contributed by atoms with Crippen LogP contribution in [-0.4, -0.2) is 56.6 Å². The Labute approximate surface area is 199 Å². The van der Waals surface area contributed by atoms with Crippen LogP contribution in [0.2, 0.25) is 0 Å². The molecule has 0 bridgehead atoms. The molecule has 4 rings (SSSR count). The van der Waals surface area contributed by atoms with Crippen LogP contribution in [0.5, 0.6) is 0 Å². The molecule has 4 atom stereocenters. The van der Waals surface area contributed by atoms with E-state index >= 15 is 0 Å². The maximum Gasteiger partial charge on any atom is 0.353 e. The Morgan fingerprint density at radius 3 is 2.64 bits per heavy atom. The fraction of sp³-hybridized carbons (Fsp3) is 0.391. The highest BCUT2D eigenvalue weighted by molar-refractivity contribution is 8.04. The van der Waals surface area contributed by atoms with Gasteiger partial charge in [-0.1, -0.05) is 48.5 Å². The molecule has 174 valence electrons. The van der Waals surface area contributed by atoms with Crippen LogP contribution in [0.3, 0.4) is 0 Å². The summed E-state index contributed by atoms with van der Waals surface area (Å²) in [5.41, 5.74) is 2.53. The number of thioether (sulfide) groups is 1. The van der Waals surface area contributed by atoms with Gasteiger partial charge in [-0.25, -0.2) is 9.78 Å². The molecule has 1 saturated heterocycles. The summed E-state index contributed by atoms with van der Waals surface area (Å²) in [5, 5.41) is 24.2. The number of amides is 2. The number of carboxylic acid groups (broad SMARTS) is 1. The first-order valence-corrected chi connectivity index (χ1v) is 12.3. The van der Waals surface area contributed by atoms with E-state index in [1.165, 1.54) is 33.6 Å². The van der Waals surface area contributed by atoms with E-state index < -0.39 is 18.0 Å². The van der Waals surface area contributed by atoms with E-state index in [1.807, 2.05) is 38.1 Å². The van der Waals surface area contributed by atoms with Crippen LogP contribution in [-0.2, 0) is 16.0 Å². The van der Waals surface area contributed by atoms with Gasteiger partial charge in [0.2, 0.25) is 5.91 Å². The fourth-order valence-corrected chi connectivity index (χ4v) is 6.39. The second-order valence-electron chi connectivity index (χ2n) is 8.36. The fourth-order valence-electron chi connectivity index (χ4n) is 4.33. The number of hydrogen-bond acceptors (Lipinski definition) is 7. The quantitative estimate of drug-likeness (QED) is 0.490. The van der Waals surface area contributed by atoms with Gasteiger partial charge in [0, 0.05) is 22.7 Å². The molecule has 1 aromatic carbocycles. The molecule has 0 unspecified atom stereocenters. The largest absolute Gasteiger partial charge is 0.477 e. The van der Waals surface area contributed by atoms with E-state index in [-0.39, 0.29) is 35.2 Å². The first kappa shape index (κ1) is 23.5. The predicted molar refractivity (Wildman–Crippen MR) is 125 cm³/mol. The zero-order chi connectivity index (χ0) is 23.9. The van der Waals surface area contributed by atoms with E-state index in [1.54, 1.807) is 12.3 Å². The lowest BCUT2D eigenvalue weighted by atomic mass is 9.79. The highest BCUT2D eigenvalue weighted by Crippen LogP contribution is 2.52. The minimum atomic E-state index is -1.19. The summed E-state index contributed by atoms with van der Waals surface area (Å²) in [4.78, 5) is 43.0. The molecule has 3 N–H and O–H groups in total. The third-order valence-corrected chi connectivity index (χ3v) is 8.27. The Balaban J connectivity index is 1.42. The topological polar surface area (TPSA) is 120 Å². The number of hydrogen-bond donors (Lipinski definition) is 3. The van der Waals surface area contributed by atoms with Gasteiger partial charge >= 0.3 is 5.97 Å². The van der Waals surface area contributed by atoms with E-state index in [4.69, 9.17) is 0 Å². The number of fused-ring (bicyclic) bond motifs is 1. The van der Waals surface area contributed by atoms with E-state index in [0.29, 0.717) is 22.2 Å². The second-order valence-corrected chi connectivity index (χ2v) is 10.5. The van der Waals surface area contributed by atoms with Crippen molar-refractivity contribution in [2.75, 3.05) is 6.54 Å². The molecule has 2 aliphatic rings. The smallest absolute Gasteiger partial charge is 0.353 e. The summed E-state index contributed by atoms with van der Waals surface area (Å²) < 4.78 is 0.530. The Kier molecular flexibility index (Phi) is 6.60. The Hall–Kier alpha value is -2.69. The molecule has 0 saturated carbocycles. The van der Waals surface area contributed by atoms with Crippen LogP contribution < -0.4 is 5.32 Å².